The van der Waals surface area contributed by atoms with E-state index in [1.807, 2.05) is 36.4 Å². The molecule has 156 valence electrons. The molecule has 3 N–H and O–H groups in total. The van der Waals surface area contributed by atoms with E-state index < -0.39 is 11.9 Å². The second-order valence-electron chi connectivity index (χ2n) is 7.26. The lowest BCUT2D eigenvalue weighted by molar-refractivity contribution is -0.127. The minimum atomic E-state index is -0.928. The van der Waals surface area contributed by atoms with E-state index in [9.17, 15) is 14.0 Å². The van der Waals surface area contributed by atoms with E-state index in [1.165, 1.54) is 6.07 Å². The summed E-state index contributed by atoms with van der Waals surface area (Å²) in [6.07, 6.45) is 0.408. The molecule has 2 amide bonds. The summed E-state index contributed by atoms with van der Waals surface area (Å²) >= 11 is 0. The number of rotatable bonds is 7. The zero-order valence-corrected chi connectivity index (χ0v) is 16.7. The van der Waals surface area contributed by atoms with Crippen molar-refractivity contribution in [2.45, 2.75) is 18.9 Å². The second-order valence-corrected chi connectivity index (χ2v) is 7.26. The number of hydrogen-bond donors (Lipinski definition) is 2. The normalized spacial score (nSPS) is 11.9. The number of halogens is 1. The summed E-state index contributed by atoms with van der Waals surface area (Å²) in [5, 5.41) is 4.69. The van der Waals surface area contributed by atoms with E-state index in [0.717, 1.165) is 10.8 Å². The molecule has 0 fully saturated rings. The molecule has 0 aliphatic carbocycles. The van der Waals surface area contributed by atoms with E-state index in [0.29, 0.717) is 29.1 Å². The van der Waals surface area contributed by atoms with Crippen LogP contribution in [0.1, 0.15) is 23.8 Å². The van der Waals surface area contributed by atoms with Gasteiger partial charge in [-0.1, -0.05) is 48.5 Å². The van der Waals surface area contributed by atoms with Crippen LogP contribution in [0.3, 0.4) is 0 Å². The average molecular weight is 416 g/mol. The Morgan fingerprint density at radius 3 is 2.45 bits per heavy atom. The molecule has 0 radical (unpaired) electrons. The Morgan fingerprint density at radius 1 is 0.935 bits per heavy atom. The lowest BCUT2D eigenvalue weighted by atomic mass is 10.0. The number of furan rings is 1. The fraction of sp³-hybridized carbons (Fsp3) is 0.120. The smallest absolute Gasteiger partial charge is 0.244 e. The van der Waals surface area contributed by atoms with Crippen LogP contribution in [-0.4, -0.2) is 11.8 Å². The number of nitrogens with one attached hydrogen (secondary N) is 1. The number of hydrogen-bond acceptors (Lipinski definition) is 3. The maximum Gasteiger partial charge on any atom is 0.244 e. The fourth-order valence-corrected chi connectivity index (χ4v) is 3.49. The lowest BCUT2D eigenvalue weighted by Crippen LogP contribution is -2.37. The van der Waals surface area contributed by atoms with Crippen molar-refractivity contribution in [3.8, 4) is 11.3 Å². The summed E-state index contributed by atoms with van der Waals surface area (Å²) in [5.41, 5.74) is 6.53. The number of nitrogens with two attached hydrogens (primary N) is 1. The third kappa shape index (κ3) is 4.64. The average Bonchev–Trinajstić information content (AvgIpc) is 3.24. The van der Waals surface area contributed by atoms with Crippen molar-refractivity contribution >= 4 is 22.6 Å². The highest BCUT2D eigenvalue weighted by molar-refractivity contribution is 5.90. The summed E-state index contributed by atoms with van der Waals surface area (Å²) in [6.45, 7) is 0. The van der Waals surface area contributed by atoms with Gasteiger partial charge in [-0.2, -0.15) is 0 Å². The standard InChI is InChI=1S/C25H21FN2O3/c26-21-8-4-3-7-20(21)22-13-11-19(31-22)12-14-23(29)28-24(25(27)30)18-10-9-16-5-1-2-6-17(16)15-18/h1-11,13,15,24H,12,14H2,(H2,27,30)(H,28,29). The Balaban J connectivity index is 1.42. The largest absolute Gasteiger partial charge is 0.461 e. The van der Waals surface area contributed by atoms with Gasteiger partial charge in [0.05, 0.1) is 5.56 Å². The number of fused-ring (bicyclic) bond motifs is 1. The molecule has 6 heteroatoms. The maximum atomic E-state index is 13.9. The molecular formula is C25H21FN2O3. The minimum absolute atomic E-state index is 0.0988. The summed E-state index contributed by atoms with van der Waals surface area (Å²) < 4.78 is 19.6. The maximum absolute atomic E-state index is 13.9. The van der Waals surface area contributed by atoms with Crippen molar-refractivity contribution in [2.24, 2.45) is 5.73 Å². The minimum Gasteiger partial charge on any atom is -0.461 e. The SMILES string of the molecule is NC(=O)C(NC(=O)CCc1ccc(-c2ccccc2F)o1)c1ccc2ccccc2c1. The number of primary amides is 1. The molecule has 0 spiro atoms. The molecule has 3 aromatic carbocycles. The van der Waals surface area contributed by atoms with Crippen LogP contribution in [-0.2, 0) is 16.0 Å². The van der Waals surface area contributed by atoms with E-state index in [1.54, 1.807) is 36.4 Å². The molecule has 1 heterocycles. The molecule has 4 rings (SSSR count). The van der Waals surface area contributed by atoms with Crippen molar-refractivity contribution in [3.05, 3.63) is 96.0 Å². The van der Waals surface area contributed by atoms with Crippen molar-refractivity contribution in [2.75, 3.05) is 0 Å². The number of amides is 2. The molecular weight excluding hydrogens is 395 g/mol. The Hall–Kier alpha value is -3.93. The zero-order valence-electron chi connectivity index (χ0n) is 16.7. The zero-order chi connectivity index (χ0) is 21.8. The first-order valence-corrected chi connectivity index (χ1v) is 9.92. The number of benzene rings is 3. The quantitative estimate of drug-likeness (QED) is 0.465. The highest BCUT2D eigenvalue weighted by atomic mass is 19.1. The van der Waals surface area contributed by atoms with Gasteiger partial charge in [-0.3, -0.25) is 9.59 Å². The van der Waals surface area contributed by atoms with Gasteiger partial charge in [0.15, 0.2) is 0 Å². The van der Waals surface area contributed by atoms with Crippen LogP contribution in [0.15, 0.2) is 83.3 Å². The van der Waals surface area contributed by atoms with Gasteiger partial charge < -0.3 is 15.5 Å². The van der Waals surface area contributed by atoms with Crippen molar-refractivity contribution < 1.29 is 18.4 Å². The molecule has 5 nitrogen and oxygen atoms in total. The van der Waals surface area contributed by atoms with Gasteiger partial charge in [-0.15, -0.1) is 0 Å². The van der Waals surface area contributed by atoms with Gasteiger partial charge in [0, 0.05) is 12.8 Å². The van der Waals surface area contributed by atoms with E-state index in [2.05, 4.69) is 5.32 Å². The first kappa shape index (κ1) is 20.3. The molecule has 4 aromatic rings. The number of carbonyl (C=O) groups excluding carboxylic acids is 2. The number of carbonyl (C=O) groups is 2. The molecule has 1 aromatic heterocycles. The summed E-state index contributed by atoms with van der Waals surface area (Å²) in [4.78, 5) is 24.5. The summed E-state index contributed by atoms with van der Waals surface area (Å²) in [5.74, 6) is -0.389. The third-order valence-corrected chi connectivity index (χ3v) is 5.10. The first-order valence-electron chi connectivity index (χ1n) is 9.92. The molecule has 1 atom stereocenters. The van der Waals surface area contributed by atoms with Crippen LogP contribution in [0.5, 0.6) is 0 Å². The monoisotopic (exact) mass is 416 g/mol. The lowest BCUT2D eigenvalue weighted by Gasteiger charge is -2.16. The fourth-order valence-electron chi connectivity index (χ4n) is 3.49. The molecule has 0 saturated heterocycles. The van der Waals surface area contributed by atoms with Crippen LogP contribution < -0.4 is 11.1 Å². The highest BCUT2D eigenvalue weighted by Crippen LogP contribution is 2.25. The summed E-state index contributed by atoms with van der Waals surface area (Å²) in [6, 6.07) is 22.0. The highest BCUT2D eigenvalue weighted by Gasteiger charge is 2.21. The third-order valence-electron chi connectivity index (χ3n) is 5.10. The molecule has 0 aliphatic rings. The van der Waals surface area contributed by atoms with Gasteiger partial charge in [-0.05, 0) is 46.7 Å². The van der Waals surface area contributed by atoms with E-state index in [4.69, 9.17) is 10.2 Å². The summed E-state index contributed by atoms with van der Waals surface area (Å²) in [7, 11) is 0. The predicted octanol–water partition coefficient (Wildman–Crippen LogP) is 4.51. The second kappa shape index (κ2) is 8.83. The molecule has 0 saturated carbocycles. The molecule has 1 unspecified atom stereocenters. The van der Waals surface area contributed by atoms with Gasteiger partial charge in [0.2, 0.25) is 11.8 Å². The topological polar surface area (TPSA) is 85.3 Å². The predicted molar refractivity (Wildman–Crippen MR) is 116 cm³/mol. The Kier molecular flexibility index (Phi) is 5.80. The van der Waals surface area contributed by atoms with Crippen LogP contribution in [0.4, 0.5) is 4.39 Å². The molecule has 31 heavy (non-hydrogen) atoms. The van der Waals surface area contributed by atoms with E-state index >= 15 is 0 Å². The first-order chi connectivity index (χ1) is 15.0. The number of aryl methyl sites for hydroxylation is 1. The van der Waals surface area contributed by atoms with Crippen molar-refractivity contribution in [1.82, 2.24) is 5.32 Å². The van der Waals surface area contributed by atoms with Crippen LogP contribution in [0.25, 0.3) is 22.1 Å². The Labute approximate surface area is 178 Å². The van der Waals surface area contributed by atoms with Gasteiger partial charge in [-0.25, -0.2) is 4.39 Å². The van der Waals surface area contributed by atoms with Gasteiger partial charge in [0.1, 0.15) is 23.4 Å². The van der Waals surface area contributed by atoms with Crippen molar-refractivity contribution in [3.63, 3.8) is 0 Å². The van der Waals surface area contributed by atoms with Crippen LogP contribution in [0.2, 0.25) is 0 Å². The van der Waals surface area contributed by atoms with Gasteiger partial charge in [0.25, 0.3) is 0 Å². The Morgan fingerprint density at radius 2 is 1.68 bits per heavy atom. The molecule has 0 bridgehead atoms. The van der Waals surface area contributed by atoms with Gasteiger partial charge >= 0.3 is 0 Å². The van der Waals surface area contributed by atoms with Crippen LogP contribution in [0, 0.1) is 5.82 Å². The van der Waals surface area contributed by atoms with E-state index in [-0.39, 0.29) is 18.1 Å². The van der Waals surface area contributed by atoms with Crippen molar-refractivity contribution in [1.29, 1.82) is 0 Å². The van der Waals surface area contributed by atoms with Crippen LogP contribution >= 0.6 is 0 Å². The molecule has 0 aliphatic heterocycles. The Bertz CT molecular complexity index is 1250.